The lowest BCUT2D eigenvalue weighted by Gasteiger charge is -2.20. The second-order valence-corrected chi connectivity index (χ2v) is 4.92. The van der Waals surface area contributed by atoms with Crippen LogP contribution < -0.4 is 0 Å². The molecule has 0 bridgehead atoms. The topological polar surface area (TPSA) is 46.5 Å². The van der Waals surface area contributed by atoms with Crippen LogP contribution in [0.5, 0.6) is 0 Å². The second-order valence-electron chi connectivity index (χ2n) is 4.92. The minimum Gasteiger partial charge on any atom is -0.300 e. The lowest BCUT2D eigenvalue weighted by atomic mass is 9.85. The first-order valence-electron chi connectivity index (χ1n) is 4.18. The fraction of sp³-hybridized carbons (Fsp3) is 0.889. The summed E-state index contributed by atoms with van der Waals surface area (Å²) in [4.78, 5) is 14.8. The van der Waals surface area contributed by atoms with Gasteiger partial charge in [-0.1, -0.05) is 20.8 Å². The largest absolute Gasteiger partial charge is 0.348 e. The molecule has 0 saturated heterocycles. The van der Waals surface area contributed by atoms with E-state index in [1.165, 1.54) is 0 Å². The van der Waals surface area contributed by atoms with Crippen molar-refractivity contribution >= 4 is 5.97 Å². The Kier molecular flexibility index (Phi) is 1.95. The van der Waals surface area contributed by atoms with Gasteiger partial charge in [-0.25, -0.2) is 4.79 Å². The smallest absolute Gasteiger partial charge is 0.300 e. The van der Waals surface area contributed by atoms with E-state index in [0.717, 1.165) is 6.42 Å². The summed E-state index contributed by atoms with van der Waals surface area (Å²) in [7, 11) is 0. The first kappa shape index (κ1) is 9.52. The van der Waals surface area contributed by atoms with E-state index in [2.05, 4.69) is 25.7 Å². The maximum absolute atomic E-state index is 11.1. The predicted octanol–water partition coefficient (Wildman–Crippen LogP) is 2.07. The van der Waals surface area contributed by atoms with Crippen LogP contribution in [0.4, 0.5) is 0 Å². The molecule has 12 heavy (non-hydrogen) atoms. The van der Waals surface area contributed by atoms with Crippen molar-refractivity contribution in [3.8, 4) is 0 Å². The Balaban J connectivity index is 2.66. The Morgan fingerprint density at radius 1 is 1.58 bits per heavy atom. The first-order chi connectivity index (χ1) is 5.32. The molecular formula is C9H16O3. The number of carbonyl (C=O) groups is 1. The van der Waals surface area contributed by atoms with E-state index in [-0.39, 0.29) is 5.41 Å². The van der Waals surface area contributed by atoms with E-state index in [9.17, 15) is 4.79 Å². The first-order valence-corrected chi connectivity index (χ1v) is 4.18. The summed E-state index contributed by atoms with van der Waals surface area (Å²) in [6.45, 7) is 8.11. The molecule has 1 saturated carbocycles. The van der Waals surface area contributed by atoms with Crippen LogP contribution in [0.3, 0.4) is 0 Å². The van der Waals surface area contributed by atoms with Gasteiger partial charge in [-0.05, 0) is 24.7 Å². The molecule has 0 aromatic carbocycles. The number of hydrogen-bond acceptors (Lipinski definition) is 3. The lowest BCUT2D eigenvalue weighted by molar-refractivity contribution is -0.241. The Bertz CT molecular complexity index is 204. The molecular weight excluding hydrogens is 156 g/mol. The summed E-state index contributed by atoms with van der Waals surface area (Å²) in [5.41, 5.74) is -0.337. The van der Waals surface area contributed by atoms with Gasteiger partial charge in [-0.15, -0.1) is 0 Å². The molecule has 1 aliphatic carbocycles. The normalized spacial score (nSPS) is 34.6. The molecule has 2 atom stereocenters. The van der Waals surface area contributed by atoms with Gasteiger partial charge in [0.25, 0.3) is 0 Å². The van der Waals surface area contributed by atoms with Gasteiger partial charge in [0.05, 0.1) is 5.41 Å². The zero-order chi connectivity index (χ0) is 9.57. The van der Waals surface area contributed by atoms with Crippen molar-refractivity contribution in [2.24, 2.45) is 16.7 Å². The molecule has 1 aliphatic rings. The zero-order valence-corrected chi connectivity index (χ0v) is 8.05. The maximum Gasteiger partial charge on any atom is 0.348 e. The van der Waals surface area contributed by atoms with E-state index in [0.29, 0.717) is 5.92 Å². The van der Waals surface area contributed by atoms with Crippen LogP contribution in [0, 0.1) is 16.7 Å². The van der Waals surface area contributed by atoms with E-state index >= 15 is 0 Å². The third-order valence-corrected chi connectivity index (χ3v) is 2.83. The molecule has 0 aliphatic heterocycles. The Morgan fingerprint density at radius 2 is 2.08 bits per heavy atom. The minimum absolute atomic E-state index is 0.114. The van der Waals surface area contributed by atoms with Crippen LogP contribution in [0.2, 0.25) is 0 Å². The van der Waals surface area contributed by atoms with Crippen molar-refractivity contribution in [3.63, 3.8) is 0 Å². The van der Waals surface area contributed by atoms with Crippen LogP contribution in [-0.2, 0) is 9.68 Å². The van der Waals surface area contributed by atoms with E-state index in [1.54, 1.807) is 0 Å². The Hall–Kier alpha value is -0.570. The van der Waals surface area contributed by atoms with Gasteiger partial charge >= 0.3 is 5.97 Å². The van der Waals surface area contributed by atoms with E-state index in [4.69, 9.17) is 5.26 Å². The fourth-order valence-electron chi connectivity index (χ4n) is 1.96. The minimum atomic E-state index is -0.498. The standard InChI is InChI=1S/C9H16O3/c1-8(2,3)6-5-9(6,4)7(10)12-11/h6,11H,5H2,1-4H3. The molecule has 0 radical (unpaired) electrons. The van der Waals surface area contributed by atoms with Crippen molar-refractivity contribution in [2.45, 2.75) is 34.1 Å². The van der Waals surface area contributed by atoms with Crippen LogP contribution in [0.25, 0.3) is 0 Å². The number of hydrogen-bond donors (Lipinski definition) is 1. The summed E-state index contributed by atoms with van der Waals surface area (Å²) in [5.74, 6) is -0.174. The average molecular weight is 172 g/mol. The molecule has 1 N–H and O–H groups in total. The molecule has 3 nitrogen and oxygen atoms in total. The number of rotatable bonds is 1. The highest BCUT2D eigenvalue weighted by molar-refractivity contribution is 5.79. The van der Waals surface area contributed by atoms with Gasteiger partial charge in [-0.2, -0.15) is 5.26 Å². The lowest BCUT2D eigenvalue weighted by Crippen LogP contribution is -2.22. The molecule has 70 valence electrons. The maximum atomic E-state index is 11.1. The van der Waals surface area contributed by atoms with E-state index in [1.807, 2.05) is 6.92 Å². The fourth-order valence-corrected chi connectivity index (χ4v) is 1.96. The van der Waals surface area contributed by atoms with E-state index < -0.39 is 11.4 Å². The summed E-state index contributed by atoms with van der Waals surface area (Å²) in [6.07, 6.45) is 0.815. The molecule has 0 amide bonds. The van der Waals surface area contributed by atoms with Gasteiger partial charge in [0, 0.05) is 0 Å². The zero-order valence-electron chi connectivity index (χ0n) is 8.05. The third-order valence-electron chi connectivity index (χ3n) is 2.83. The van der Waals surface area contributed by atoms with Crippen LogP contribution in [-0.4, -0.2) is 11.2 Å². The highest BCUT2D eigenvalue weighted by atomic mass is 17.1. The van der Waals surface area contributed by atoms with Crippen LogP contribution in [0.1, 0.15) is 34.1 Å². The summed E-state index contributed by atoms with van der Waals surface area (Å²) in [6, 6.07) is 0. The molecule has 3 heteroatoms. The predicted molar refractivity (Wildman–Crippen MR) is 44.4 cm³/mol. The van der Waals surface area contributed by atoms with Gasteiger partial charge in [0.1, 0.15) is 0 Å². The van der Waals surface area contributed by atoms with Crippen molar-refractivity contribution in [2.75, 3.05) is 0 Å². The Morgan fingerprint density at radius 3 is 2.33 bits per heavy atom. The van der Waals surface area contributed by atoms with Gasteiger partial charge < -0.3 is 4.89 Å². The quantitative estimate of drug-likeness (QED) is 0.486. The highest BCUT2D eigenvalue weighted by Crippen LogP contribution is 2.61. The van der Waals surface area contributed by atoms with Gasteiger partial charge in [0.2, 0.25) is 0 Å². The SMILES string of the molecule is CC(C)(C)C1CC1(C)C(=O)OO. The summed E-state index contributed by atoms with van der Waals surface area (Å²) >= 11 is 0. The average Bonchev–Trinajstić information content (AvgIpc) is 2.61. The molecule has 1 fully saturated rings. The molecule has 0 aromatic rings. The van der Waals surface area contributed by atoms with Gasteiger partial charge in [0.15, 0.2) is 0 Å². The van der Waals surface area contributed by atoms with Crippen molar-refractivity contribution in [1.29, 1.82) is 0 Å². The molecule has 2 unspecified atom stereocenters. The van der Waals surface area contributed by atoms with Crippen LogP contribution in [0.15, 0.2) is 0 Å². The molecule has 0 spiro atoms. The van der Waals surface area contributed by atoms with Crippen molar-refractivity contribution in [1.82, 2.24) is 0 Å². The third kappa shape index (κ3) is 1.33. The van der Waals surface area contributed by atoms with Crippen molar-refractivity contribution in [3.05, 3.63) is 0 Å². The highest BCUT2D eigenvalue weighted by Gasteiger charge is 2.61. The molecule has 0 heterocycles. The summed E-state index contributed by atoms with van der Waals surface area (Å²) in [5, 5.41) is 8.24. The van der Waals surface area contributed by atoms with Crippen LogP contribution >= 0.6 is 0 Å². The molecule has 1 rings (SSSR count). The Labute approximate surface area is 72.7 Å². The second kappa shape index (κ2) is 2.46. The summed E-state index contributed by atoms with van der Waals surface area (Å²) < 4.78 is 0. The number of carbonyl (C=O) groups excluding carboxylic acids is 1. The van der Waals surface area contributed by atoms with Gasteiger partial charge in [-0.3, -0.25) is 0 Å². The van der Waals surface area contributed by atoms with Crippen molar-refractivity contribution < 1.29 is 14.9 Å². The monoisotopic (exact) mass is 172 g/mol. The molecule has 0 aromatic heterocycles.